The van der Waals surface area contributed by atoms with Gasteiger partial charge in [0.1, 0.15) is 11.5 Å². The summed E-state index contributed by atoms with van der Waals surface area (Å²) in [6.07, 6.45) is 8.82. The van der Waals surface area contributed by atoms with E-state index in [1.807, 2.05) is 48.5 Å². The van der Waals surface area contributed by atoms with Crippen LogP contribution in [0.5, 0.6) is 11.5 Å². The Morgan fingerprint density at radius 1 is 0.915 bits per heavy atom. The molecular formula is C40H49NO6. The van der Waals surface area contributed by atoms with Crippen molar-refractivity contribution in [3.05, 3.63) is 89.0 Å². The smallest absolute Gasteiger partial charge is 0.306 e. The van der Waals surface area contributed by atoms with Gasteiger partial charge in [0.25, 0.3) is 0 Å². The highest BCUT2D eigenvalue weighted by molar-refractivity contribution is 5.93. The van der Waals surface area contributed by atoms with Crippen LogP contribution < -0.4 is 10.1 Å². The minimum Gasteiger partial charge on any atom is -0.481 e. The van der Waals surface area contributed by atoms with E-state index < -0.39 is 11.9 Å². The number of carbonyl (C=O) groups excluding carboxylic acids is 2. The van der Waals surface area contributed by atoms with Gasteiger partial charge in [-0.3, -0.25) is 14.4 Å². The molecule has 1 heterocycles. The van der Waals surface area contributed by atoms with Crippen LogP contribution in [0, 0.1) is 11.8 Å². The summed E-state index contributed by atoms with van der Waals surface area (Å²) in [5.74, 6) is 0.795. The Morgan fingerprint density at radius 2 is 1.57 bits per heavy atom. The van der Waals surface area contributed by atoms with E-state index in [2.05, 4.69) is 44.3 Å². The van der Waals surface area contributed by atoms with Gasteiger partial charge in [-0.25, -0.2) is 0 Å². The Bertz CT molecular complexity index is 1500. The largest absolute Gasteiger partial charge is 0.481 e. The number of esters is 1. The second-order valence-corrected chi connectivity index (χ2v) is 14.3. The van der Waals surface area contributed by atoms with Crippen molar-refractivity contribution in [1.29, 1.82) is 0 Å². The average molecular weight is 640 g/mol. The van der Waals surface area contributed by atoms with Crippen LogP contribution in [-0.4, -0.2) is 29.6 Å². The number of aliphatic carboxylic acids is 1. The molecule has 1 amide bonds. The molecule has 3 aromatic carbocycles. The first kappa shape index (κ1) is 34.2. The maximum atomic E-state index is 13.8. The van der Waals surface area contributed by atoms with Gasteiger partial charge in [0.05, 0.1) is 19.4 Å². The summed E-state index contributed by atoms with van der Waals surface area (Å²) < 4.78 is 11.7. The molecule has 7 heteroatoms. The van der Waals surface area contributed by atoms with Crippen molar-refractivity contribution < 1.29 is 29.0 Å². The highest BCUT2D eigenvalue weighted by Crippen LogP contribution is 2.45. The lowest BCUT2D eigenvalue weighted by atomic mass is 9.81. The van der Waals surface area contributed by atoms with E-state index in [0.717, 1.165) is 58.7 Å². The molecule has 0 aromatic heterocycles. The van der Waals surface area contributed by atoms with Crippen LogP contribution in [0.4, 0.5) is 5.69 Å². The third kappa shape index (κ3) is 9.46. The number of benzene rings is 3. The molecule has 0 bridgehead atoms. The zero-order valence-corrected chi connectivity index (χ0v) is 28.1. The third-order valence-electron chi connectivity index (χ3n) is 9.62. The number of para-hydroxylation sites is 2. The molecule has 1 aliphatic heterocycles. The van der Waals surface area contributed by atoms with E-state index in [4.69, 9.17) is 14.6 Å². The van der Waals surface area contributed by atoms with Gasteiger partial charge < -0.3 is 19.9 Å². The van der Waals surface area contributed by atoms with Crippen LogP contribution in [0.25, 0.3) is 0 Å². The van der Waals surface area contributed by atoms with Gasteiger partial charge in [0.2, 0.25) is 5.91 Å². The lowest BCUT2D eigenvalue weighted by molar-refractivity contribution is -0.149. The molecule has 1 saturated carbocycles. The van der Waals surface area contributed by atoms with Crippen molar-refractivity contribution in [1.82, 2.24) is 0 Å². The topological polar surface area (TPSA) is 102 Å². The Hall–Kier alpha value is -4.13. The third-order valence-corrected chi connectivity index (χ3v) is 9.62. The molecule has 3 aromatic rings. The second-order valence-electron chi connectivity index (χ2n) is 14.3. The highest BCUT2D eigenvalue weighted by atomic mass is 16.5. The molecule has 0 saturated heterocycles. The molecule has 1 aliphatic carbocycles. The first-order chi connectivity index (χ1) is 22.6. The number of rotatable bonds is 13. The summed E-state index contributed by atoms with van der Waals surface area (Å²) in [5.41, 5.74) is 4.89. The summed E-state index contributed by atoms with van der Waals surface area (Å²) in [5, 5.41) is 12.2. The number of fused-ring (bicyclic) bond motifs is 2. The predicted octanol–water partition coefficient (Wildman–Crippen LogP) is 9.18. The zero-order chi connectivity index (χ0) is 33.4. The van der Waals surface area contributed by atoms with Crippen LogP contribution >= 0.6 is 0 Å². The van der Waals surface area contributed by atoms with E-state index in [1.165, 1.54) is 32.1 Å². The van der Waals surface area contributed by atoms with Gasteiger partial charge in [-0.05, 0) is 65.8 Å². The number of carboxylic acid groups (broad SMARTS) is 1. The van der Waals surface area contributed by atoms with Crippen LogP contribution in [0.15, 0.2) is 66.7 Å². The van der Waals surface area contributed by atoms with Crippen molar-refractivity contribution in [3.8, 4) is 11.5 Å². The van der Waals surface area contributed by atoms with Gasteiger partial charge in [-0.15, -0.1) is 0 Å². The number of nitrogens with one attached hydrogen (secondary N) is 1. The zero-order valence-electron chi connectivity index (χ0n) is 28.1. The molecule has 1 fully saturated rings. The Kier molecular flexibility index (Phi) is 11.4. The van der Waals surface area contributed by atoms with Gasteiger partial charge in [-0.1, -0.05) is 101 Å². The number of amides is 1. The van der Waals surface area contributed by atoms with Gasteiger partial charge in [0.15, 0.2) is 0 Å². The summed E-state index contributed by atoms with van der Waals surface area (Å²) >= 11 is 0. The maximum absolute atomic E-state index is 13.8. The first-order valence-corrected chi connectivity index (χ1v) is 17.2. The molecule has 1 atom stereocenters. The van der Waals surface area contributed by atoms with Crippen molar-refractivity contribution >= 4 is 23.5 Å². The normalized spacial score (nSPS) is 15.6. The fraction of sp³-hybridized carbons (Fsp3) is 0.475. The lowest BCUT2D eigenvalue weighted by Crippen LogP contribution is -2.22. The standard InChI is InChI=1S/C40H49NO6/c1-40(2,3)33-20-19-28(17-18-29(23-27-11-5-4-6-12-27)26-46-39(45)22-21-38(43)44)24-34(33)41-37(42)25-32-30-13-7-9-15-35(30)47-36-16-10-8-14-31(32)36/h7-10,13-16,19-20,24,27,29,32H,4-6,11-12,17-18,21-23,25-26H2,1-3H3,(H,41,42)(H,43,44). The molecule has 5 rings (SSSR count). The number of ether oxygens (including phenoxy) is 2. The summed E-state index contributed by atoms with van der Waals surface area (Å²) in [6.45, 7) is 6.78. The van der Waals surface area contributed by atoms with Gasteiger partial charge >= 0.3 is 11.9 Å². The Labute approximate surface area is 279 Å². The van der Waals surface area contributed by atoms with Crippen molar-refractivity contribution in [2.45, 2.75) is 103 Å². The minimum absolute atomic E-state index is 0.0485. The van der Waals surface area contributed by atoms with Crippen LogP contribution in [0.1, 0.15) is 113 Å². The predicted molar refractivity (Wildman–Crippen MR) is 184 cm³/mol. The van der Waals surface area contributed by atoms with E-state index in [0.29, 0.717) is 18.9 Å². The van der Waals surface area contributed by atoms with E-state index in [1.54, 1.807) is 0 Å². The minimum atomic E-state index is -0.996. The maximum Gasteiger partial charge on any atom is 0.306 e. The Morgan fingerprint density at radius 3 is 2.21 bits per heavy atom. The number of hydrogen-bond donors (Lipinski definition) is 2. The fourth-order valence-corrected chi connectivity index (χ4v) is 7.15. The van der Waals surface area contributed by atoms with Crippen LogP contribution in [0.3, 0.4) is 0 Å². The lowest BCUT2D eigenvalue weighted by Gasteiger charge is -2.28. The molecular weight excluding hydrogens is 590 g/mol. The number of aryl methyl sites for hydroxylation is 1. The summed E-state index contributed by atoms with van der Waals surface area (Å²) in [6, 6.07) is 22.3. The molecule has 1 unspecified atom stereocenters. The molecule has 2 N–H and O–H groups in total. The fourth-order valence-electron chi connectivity index (χ4n) is 7.15. The first-order valence-electron chi connectivity index (χ1n) is 17.2. The average Bonchev–Trinajstić information content (AvgIpc) is 3.05. The monoisotopic (exact) mass is 639 g/mol. The second kappa shape index (κ2) is 15.6. The Balaban J connectivity index is 1.30. The van der Waals surface area contributed by atoms with Crippen LogP contribution in [0.2, 0.25) is 0 Å². The molecule has 250 valence electrons. The molecule has 0 spiro atoms. The number of hydrogen-bond acceptors (Lipinski definition) is 5. The number of carbonyl (C=O) groups is 3. The number of anilines is 1. The van der Waals surface area contributed by atoms with Crippen molar-refractivity contribution in [2.75, 3.05) is 11.9 Å². The van der Waals surface area contributed by atoms with E-state index >= 15 is 0 Å². The van der Waals surface area contributed by atoms with Crippen molar-refractivity contribution in [2.24, 2.45) is 11.8 Å². The summed E-state index contributed by atoms with van der Waals surface area (Å²) in [7, 11) is 0. The van der Waals surface area contributed by atoms with Gasteiger partial charge in [-0.2, -0.15) is 0 Å². The highest BCUT2D eigenvalue weighted by Gasteiger charge is 2.29. The molecule has 2 aliphatic rings. The quantitative estimate of drug-likeness (QED) is 0.181. The summed E-state index contributed by atoms with van der Waals surface area (Å²) in [4.78, 5) is 36.9. The molecule has 7 nitrogen and oxygen atoms in total. The van der Waals surface area contributed by atoms with E-state index in [9.17, 15) is 14.4 Å². The number of carboxylic acids is 1. The molecule has 47 heavy (non-hydrogen) atoms. The van der Waals surface area contributed by atoms with E-state index in [-0.39, 0.29) is 36.0 Å². The molecule has 0 radical (unpaired) electrons. The van der Waals surface area contributed by atoms with Gasteiger partial charge in [0, 0.05) is 29.2 Å². The van der Waals surface area contributed by atoms with Crippen molar-refractivity contribution in [3.63, 3.8) is 0 Å². The SMILES string of the molecule is CC(C)(C)c1ccc(CCC(COC(=O)CCC(=O)O)CC2CCCCC2)cc1NC(=O)CC1c2ccccc2Oc2ccccc21. The van der Waals surface area contributed by atoms with Crippen LogP contribution in [-0.2, 0) is 31.0 Å².